The third-order valence-electron chi connectivity index (χ3n) is 2.24. The molecule has 7 nitrogen and oxygen atoms in total. The highest BCUT2D eigenvalue weighted by atomic mass is 35.5. The van der Waals surface area contributed by atoms with E-state index in [1.807, 2.05) is 0 Å². The summed E-state index contributed by atoms with van der Waals surface area (Å²) in [5.41, 5.74) is 0. The van der Waals surface area contributed by atoms with Gasteiger partial charge in [0.15, 0.2) is 0 Å². The molecule has 0 aliphatic rings. The van der Waals surface area contributed by atoms with Gasteiger partial charge in [0.25, 0.3) is 5.82 Å². The van der Waals surface area contributed by atoms with E-state index in [0.717, 1.165) is 5.82 Å². The lowest BCUT2D eigenvalue weighted by Gasteiger charge is -2.01. The first-order valence-corrected chi connectivity index (χ1v) is 5.13. The molecule has 17 heavy (non-hydrogen) atoms. The molecule has 0 saturated carbocycles. The molecule has 0 aliphatic carbocycles. The van der Waals surface area contributed by atoms with Crippen molar-refractivity contribution in [3.05, 3.63) is 29.3 Å². The third kappa shape index (κ3) is 2.28. The fourth-order valence-corrected chi connectivity index (χ4v) is 1.42. The van der Waals surface area contributed by atoms with Gasteiger partial charge in [0.05, 0.1) is 13.3 Å². The number of carbonyl (C=O) groups excluding carboxylic acids is 1. The van der Waals surface area contributed by atoms with E-state index in [0.29, 0.717) is 11.7 Å². The molecule has 0 fully saturated rings. The van der Waals surface area contributed by atoms with Crippen molar-refractivity contribution in [1.82, 2.24) is 24.3 Å². The van der Waals surface area contributed by atoms with Crippen LogP contribution in [0.4, 0.5) is 0 Å². The van der Waals surface area contributed by atoms with Gasteiger partial charge in [-0.1, -0.05) is 11.6 Å². The number of nitrogens with zero attached hydrogens (tertiary/aromatic N) is 5. The molecule has 90 valence electrons. The second-order valence-electron chi connectivity index (χ2n) is 3.31. The molecule has 0 radical (unpaired) electrons. The fraction of sp³-hybridized carbons (Fsp3) is 0.333. The highest BCUT2D eigenvalue weighted by molar-refractivity contribution is 6.29. The first-order valence-electron chi connectivity index (χ1n) is 4.75. The summed E-state index contributed by atoms with van der Waals surface area (Å²) in [6.45, 7) is 0.382. The van der Waals surface area contributed by atoms with Crippen molar-refractivity contribution in [2.75, 3.05) is 7.11 Å². The topological polar surface area (TPSA) is 74.8 Å². The van der Waals surface area contributed by atoms with Crippen molar-refractivity contribution in [3.8, 4) is 0 Å². The second kappa shape index (κ2) is 4.54. The molecule has 0 amide bonds. The van der Waals surface area contributed by atoms with Gasteiger partial charge in [0.1, 0.15) is 23.8 Å². The zero-order valence-corrected chi connectivity index (χ0v) is 10.0. The first kappa shape index (κ1) is 11.6. The van der Waals surface area contributed by atoms with Gasteiger partial charge in [0.2, 0.25) is 0 Å². The molecular weight excluding hydrogens is 246 g/mol. The van der Waals surface area contributed by atoms with Crippen LogP contribution in [0.1, 0.15) is 16.4 Å². The van der Waals surface area contributed by atoms with Crippen molar-refractivity contribution < 1.29 is 9.53 Å². The number of hydrogen-bond acceptors (Lipinski definition) is 5. The molecule has 0 bridgehead atoms. The summed E-state index contributed by atoms with van der Waals surface area (Å²) in [6, 6.07) is 0. The average molecular weight is 256 g/mol. The lowest BCUT2D eigenvalue weighted by Crippen LogP contribution is -2.09. The predicted octanol–water partition coefficient (Wildman–Crippen LogP) is 0.500. The Morgan fingerprint density at radius 2 is 2.29 bits per heavy atom. The first-order chi connectivity index (χ1) is 8.11. The summed E-state index contributed by atoms with van der Waals surface area (Å²) in [5.74, 6) is 0.172. The monoisotopic (exact) mass is 255 g/mol. The lowest BCUT2D eigenvalue weighted by molar-refractivity contribution is 0.0586. The van der Waals surface area contributed by atoms with E-state index in [1.165, 1.54) is 18.1 Å². The van der Waals surface area contributed by atoms with Crippen LogP contribution in [0.15, 0.2) is 12.5 Å². The summed E-state index contributed by atoms with van der Waals surface area (Å²) in [4.78, 5) is 19.1. The molecule has 2 rings (SSSR count). The van der Waals surface area contributed by atoms with Gasteiger partial charge in [-0.2, -0.15) is 0 Å². The van der Waals surface area contributed by atoms with E-state index >= 15 is 0 Å². The molecule has 2 aromatic heterocycles. The maximum atomic E-state index is 11.1. The van der Waals surface area contributed by atoms with Crippen LogP contribution in [0.5, 0.6) is 0 Å². The number of ether oxygens (including phenoxy) is 1. The van der Waals surface area contributed by atoms with E-state index in [9.17, 15) is 4.79 Å². The Hall–Kier alpha value is -1.89. The zero-order chi connectivity index (χ0) is 12.4. The summed E-state index contributed by atoms with van der Waals surface area (Å²) >= 11 is 5.85. The Morgan fingerprint density at radius 1 is 1.53 bits per heavy atom. The van der Waals surface area contributed by atoms with Crippen molar-refractivity contribution in [2.45, 2.75) is 6.54 Å². The molecule has 0 spiro atoms. The van der Waals surface area contributed by atoms with Gasteiger partial charge in [-0.3, -0.25) is 0 Å². The maximum Gasteiger partial charge on any atom is 0.377 e. The van der Waals surface area contributed by atoms with Gasteiger partial charge < -0.3 is 9.30 Å². The van der Waals surface area contributed by atoms with Gasteiger partial charge in [-0.15, -0.1) is 5.10 Å². The Bertz CT molecular complexity index is 547. The second-order valence-corrected chi connectivity index (χ2v) is 3.70. The summed E-state index contributed by atoms with van der Waals surface area (Å²) < 4.78 is 7.72. The summed E-state index contributed by atoms with van der Waals surface area (Å²) in [6.07, 6.45) is 2.99. The minimum absolute atomic E-state index is 0.0211. The smallest absolute Gasteiger partial charge is 0.377 e. The Kier molecular flexibility index (Phi) is 3.10. The lowest BCUT2D eigenvalue weighted by atomic mass is 10.6. The van der Waals surface area contributed by atoms with E-state index < -0.39 is 5.97 Å². The highest BCUT2D eigenvalue weighted by Gasteiger charge is 2.12. The van der Waals surface area contributed by atoms with E-state index in [-0.39, 0.29) is 5.82 Å². The minimum atomic E-state index is -0.568. The standard InChI is InChI=1S/C9H10ClN5O2/c1-14-6(10)3-11-7(14)4-15-5-12-8(13-15)9(16)17-2/h3,5H,4H2,1-2H3. The molecule has 0 N–H and O–H groups in total. The number of rotatable bonds is 3. The maximum absolute atomic E-state index is 11.1. The molecule has 8 heteroatoms. The minimum Gasteiger partial charge on any atom is -0.463 e. The van der Waals surface area contributed by atoms with Crippen LogP contribution in [-0.4, -0.2) is 37.4 Å². The zero-order valence-electron chi connectivity index (χ0n) is 9.29. The van der Waals surface area contributed by atoms with Crippen LogP contribution < -0.4 is 0 Å². The predicted molar refractivity (Wildman–Crippen MR) is 58.7 cm³/mol. The number of esters is 1. The van der Waals surface area contributed by atoms with Gasteiger partial charge in [-0.05, 0) is 0 Å². The molecule has 0 unspecified atom stereocenters. The molecule has 0 aromatic carbocycles. The average Bonchev–Trinajstić information content (AvgIpc) is 2.91. The molecule has 0 aliphatic heterocycles. The van der Waals surface area contributed by atoms with E-state index in [1.54, 1.807) is 17.8 Å². The van der Waals surface area contributed by atoms with Gasteiger partial charge >= 0.3 is 5.97 Å². The normalized spacial score (nSPS) is 10.5. The third-order valence-corrected chi connectivity index (χ3v) is 2.59. The number of imidazole rings is 1. The summed E-state index contributed by atoms with van der Waals surface area (Å²) in [5, 5.41) is 4.50. The Balaban J connectivity index is 2.17. The number of methoxy groups -OCH3 is 1. The molecule has 2 aromatic rings. The van der Waals surface area contributed by atoms with Crippen LogP contribution in [0, 0.1) is 0 Å². The molecule has 0 saturated heterocycles. The van der Waals surface area contributed by atoms with Crippen LogP contribution in [0.2, 0.25) is 5.15 Å². The van der Waals surface area contributed by atoms with Crippen molar-refractivity contribution in [2.24, 2.45) is 7.05 Å². The SMILES string of the molecule is COC(=O)c1ncn(Cc2ncc(Cl)n2C)n1. The largest absolute Gasteiger partial charge is 0.463 e. The van der Waals surface area contributed by atoms with Crippen LogP contribution >= 0.6 is 11.6 Å². The Labute approximate surface area is 102 Å². The molecule has 0 atom stereocenters. The van der Waals surface area contributed by atoms with Gasteiger partial charge in [-0.25, -0.2) is 19.4 Å². The number of hydrogen-bond donors (Lipinski definition) is 0. The number of aromatic nitrogens is 5. The van der Waals surface area contributed by atoms with Gasteiger partial charge in [0, 0.05) is 7.05 Å². The van der Waals surface area contributed by atoms with Crippen molar-refractivity contribution in [1.29, 1.82) is 0 Å². The Morgan fingerprint density at radius 3 is 2.88 bits per heavy atom. The number of carbonyl (C=O) groups is 1. The number of halogens is 1. The quantitative estimate of drug-likeness (QED) is 0.747. The summed E-state index contributed by atoms with van der Waals surface area (Å²) in [7, 11) is 3.07. The fourth-order valence-electron chi connectivity index (χ4n) is 1.27. The van der Waals surface area contributed by atoms with Crippen LogP contribution in [-0.2, 0) is 18.3 Å². The highest BCUT2D eigenvalue weighted by Crippen LogP contribution is 2.09. The van der Waals surface area contributed by atoms with Crippen LogP contribution in [0.25, 0.3) is 0 Å². The van der Waals surface area contributed by atoms with Crippen LogP contribution in [0.3, 0.4) is 0 Å². The van der Waals surface area contributed by atoms with E-state index in [2.05, 4.69) is 19.8 Å². The van der Waals surface area contributed by atoms with Crippen molar-refractivity contribution in [3.63, 3.8) is 0 Å². The van der Waals surface area contributed by atoms with Crippen molar-refractivity contribution >= 4 is 17.6 Å². The van der Waals surface area contributed by atoms with E-state index in [4.69, 9.17) is 11.6 Å². The molecular formula is C9H10ClN5O2. The molecule has 2 heterocycles.